The maximum atomic E-state index is 12.6. The van der Waals surface area contributed by atoms with E-state index in [1.165, 1.54) is 17.0 Å². The van der Waals surface area contributed by atoms with Crippen LogP contribution in [0.3, 0.4) is 0 Å². The van der Waals surface area contributed by atoms with Gasteiger partial charge in [0.2, 0.25) is 5.76 Å². The number of nitrogens with zero attached hydrogens (tertiary/aromatic N) is 3. The van der Waals surface area contributed by atoms with Gasteiger partial charge in [0.1, 0.15) is 0 Å². The van der Waals surface area contributed by atoms with Gasteiger partial charge in [-0.2, -0.15) is 5.10 Å². The van der Waals surface area contributed by atoms with Crippen LogP contribution < -0.4 is 10.9 Å². The van der Waals surface area contributed by atoms with Crippen LogP contribution in [0.5, 0.6) is 0 Å². The molecule has 0 aliphatic carbocycles. The summed E-state index contributed by atoms with van der Waals surface area (Å²) < 4.78 is 16.8. The Morgan fingerprint density at radius 1 is 1.17 bits per heavy atom. The van der Waals surface area contributed by atoms with Crippen LogP contribution in [0, 0.1) is 0 Å². The number of rotatable bonds is 7. The molecule has 1 N–H and O–H groups in total. The Labute approximate surface area is 164 Å². The number of benzene rings is 1. The molecule has 4 aromatic rings. The second kappa shape index (κ2) is 8.11. The fourth-order valence-corrected chi connectivity index (χ4v) is 2.94. The minimum atomic E-state index is -0.424. The molecule has 0 unspecified atom stereocenters. The largest absolute Gasteiger partial charge is 0.461 e. The summed E-state index contributed by atoms with van der Waals surface area (Å²) in [5.41, 5.74) is 0.486. The van der Waals surface area contributed by atoms with E-state index in [0.29, 0.717) is 41.1 Å². The summed E-state index contributed by atoms with van der Waals surface area (Å²) in [6.07, 6.45) is 1.51. The van der Waals surface area contributed by atoms with Crippen LogP contribution in [-0.2, 0) is 17.8 Å². The van der Waals surface area contributed by atoms with Gasteiger partial charge in [-0.3, -0.25) is 9.59 Å². The number of carbonyl (C=O) groups excluding carboxylic acids is 1. The summed E-state index contributed by atoms with van der Waals surface area (Å²) in [5, 5.41) is 12.2. The van der Waals surface area contributed by atoms with E-state index in [4.69, 9.17) is 13.7 Å². The van der Waals surface area contributed by atoms with Gasteiger partial charge in [-0.1, -0.05) is 23.4 Å². The first kappa shape index (κ1) is 18.6. The third kappa shape index (κ3) is 3.81. The van der Waals surface area contributed by atoms with E-state index in [0.717, 1.165) is 0 Å². The van der Waals surface area contributed by atoms with E-state index < -0.39 is 5.91 Å². The first-order chi connectivity index (χ1) is 14.2. The van der Waals surface area contributed by atoms with Crippen LogP contribution in [0.4, 0.5) is 0 Å². The van der Waals surface area contributed by atoms with E-state index in [9.17, 15) is 9.59 Å². The molecule has 9 nitrogen and oxygen atoms in total. The predicted octanol–water partition coefficient (Wildman–Crippen LogP) is 2.22. The fraction of sp³-hybridized carbons (Fsp3) is 0.200. The number of hydrogen-bond acceptors (Lipinski definition) is 7. The molecule has 9 heteroatoms. The van der Waals surface area contributed by atoms with Crippen LogP contribution in [0.1, 0.15) is 16.2 Å². The minimum absolute atomic E-state index is 0.119. The standard InChI is InChI=1S/C20H18N4O5/c1-27-10-8-24-20(26)14-6-3-2-5-13(14)16(22-24)12-21-19(25)15-11-18(29-23-15)17-7-4-9-28-17/h2-7,9,11H,8,10,12H2,1H3,(H,21,25). The van der Waals surface area contributed by atoms with Crippen LogP contribution in [0.25, 0.3) is 22.3 Å². The van der Waals surface area contributed by atoms with Crippen molar-refractivity contribution in [2.45, 2.75) is 13.1 Å². The van der Waals surface area contributed by atoms with Gasteiger partial charge in [0, 0.05) is 18.6 Å². The van der Waals surface area contributed by atoms with E-state index in [1.54, 1.807) is 37.4 Å². The number of methoxy groups -OCH3 is 1. The summed E-state index contributed by atoms with van der Waals surface area (Å²) in [6, 6.07) is 12.1. The van der Waals surface area contributed by atoms with Gasteiger partial charge in [-0.15, -0.1) is 0 Å². The normalized spacial score (nSPS) is 11.1. The van der Waals surface area contributed by atoms with Gasteiger partial charge < -0.3 is 19.0 Å². The lowest BCUT2D eigenvalue weighted by Gasteiger charge is -2.11. The Morgan fingerprint density at radius 2 is 2.00 bits per heavy atom. The van der Waals surface area contributed by atoms with Crippen molar-refractivity contribution in [2.24, 2.45) is 0 Å². The lowest BCUT2D eigenvalue weighted by molar-refractivity contribution is 0.0941. The zero-order valence-electron chi connectivity index (χ0n) is 15.6. The molecule has 1 amide bonds. The van der Waals surface area contributed by atoms with Gasteiger partial charge in [-0.05, 0) is 18.2 Å². The van der Waals surface area contributed by atoms with E-state index in [-0.39, 0.29) is 17.8 Å². The summed E-state index contributed by atoms with van der Waals surface area (Å²) >= 11 is 0. The molecular weight excluding hydrogens is 376 g/mol. The summed E-state index contributed by atoms with van der Waals surface area (Å²) in [7, 11) is 1.56. The second-order valence-electron chi connectivity index (χ2n) is 6.25. The Balaban J connectivity index is 1.57. The number of fused-ring (bicyclic) bond motifs is 1. The molecule has 0 saturated carbocycles. The number of nitrogens with one attached hydrogen (secondary N) is 1. The van der Waals surface area contributed by atoms with Crippen molar-refractivity contribution in [2.75, 3.05) is 13.7 Å². The molecule has 0 atom stereocenters. The highest BCUT2D eigenvalue weighted by Crippen LogP contribution is 2.20. The third-order valence-electron chi connectivity index (χ3n) is 4.37. The molecule has 29 heavy (non-hydrogen) atoms. The maximum Gasteiger partial charge on any atom is 0.274 e. The highest BCUT2D eigenvalue weighted by Gasteiger charge is 2.16. The quantitative estimate of drug-likeness (QED) is 0.511. The second-order valence-corrected chi connectivity index (χ2v) is 6.25. The minimum Gasteiger partial charge on any atom is -0.461 e. The molecule has 3 aromatic heterocycles. The molecule has 1 aromatic carbocycles. The summed E-state index contributed by atoms with van der Waals surface area (Å²) in [5.74, 6) is 0.415. The summed E-state index contributed by atoms with van der Waals surface area (Å²) in [4.78, 5) is 25.1. The Morgan fingerprint density at radius 3 is 2.76 bits per heavy atom. The smallest absolute Gasteiger partial charge is 0.274 e. The van der Waals surface area contributed by atoms with Crippen molar-refractivity contribution < 1.29 is 18.5 Å². The zero-order chi connectivity index (χ0) is 20.2. The molecule has 0 aliphatic rings. The van der Waals surface area contributed by atoms with Crippen LogP contribution in [0.15, 0.2) is 62.5 Å². The molecule has 0 saturated heterocycles. The number of ether oxygens (including phenoxy) is 1. The molecule has 0 fully saturated rings. The number of hydrogen-bond donors (Lipinski definition) is 1. The molecule has 0 spiro atoms. The van der Waals surface area contributed by atoms with Gasteiger partial charge in [-0.25, -0.2) is 4.68 Å². The molecule has 148 valence electrons. The van der Waals surface area contributed by atoms with Crippen molar-refractivity contribution >= 4 is 16.7 Å². The number of carbonyl (C=O) groups is 1. The molecule has 4 rings (SSSR count). The van der Waals surface area contributed by atoms with Crippen molar-refractivity contribution in [1.82, 2.24) is 20.3 Å². The Kier molecular flexibility index (Phi) is 5.21. The molecular formula is C20H18N4O5. The van der Waals surface area contributed by atoms with Crippen LogP contribution in [0.2, 0.25) is 0 Å². The van der Waals surface area contributed by atoms with Crippen molar-refractivity contribution in [3.8, 4) is 11.5 Å². The van der Waals surface area contributed by atoms with Crippen molar-refractivity contribution in [3.05, 3.63) is 70.5 Å². The topological polar surface area (TPSA) is 112 Å². The Hall–Kier alpha value is -3.72. The highest BCUT2D eigenvalue weighted by atomic mass is 16.5. The zero-order valence-corrected chi connectivity index (χ0v) is 15.6. The van der Waals surface area contributed by atoms with E-state index in [2.05, 4.69) is 15.6 Å². The average Bonchev–Trinajstić information content (AvgIpc) is 3.44. The lowest BCUT2D eigenvalue weighted by Crippen LogP contribution is -2.29. The first-order valence-corrected chi connectivity index (χ1v) is 8.94. The van der Waals surface area contributed by atoms with Gasteiger partial charge in [0.05, 0.1) is 37.0 Å². The molecule has 0 aliphatic heterocycles. The lowest BCUT2D eigenvalue weighted by atomic mass is 10.1. The summed E-state index contributed by atoms with van der Waals surface area (Å²) in [6.45, 7) is 0.790. The Bertz CT molecular complexity index is 1190. The van der Waals surface area contributed by atoms with Crippen LogP contribution >= 0.6 is 0 Å². The fourth-order valence-electron chi connectivity index (χ4n) is 2.94. The molecule has 3 heterocycles. The maximum absolute atomic E-state index is 12.6. The number of furan rings is 1. The highest BCUT2D eigenvalue weighted by molar-refractivity contribution is 5.93. The van der Waals surface area contributed by atoms with Gasteiger partial charge in [0.25, 0.3) is 11.5 Å². The first-order valence-electron chi connectivity index (χ1n) is 8.94. The monoisotopic (exact) mass is 394 g/mol. The van der Waals surface area contributed by atoms with Crippen molar-refractivity contribution in [1.29, 1.82) is 0 Å². The number of aromatic nitrogens is 3. The SMILES string of the molecule is COCCn1nc(CNC(=O)c2cc(-c3ccco3)on2)c2ccccc2c1=O. The number of amides is 1. The van der Waals surface area contributed by atoms with Crippen LogP contribution in [-0.4, -0.2) is 34.6 Å². The van der Waals surface area contributed by atoms with E-state index in [1.807, 2.05) is 6.07 Å². The van der Waals surface area contributed by atoms with Crippen molar-refractivity contribution in [3.63, 3.8) is 0 Å². The average molecular weight is 394 g/mol. The predicted molar refractivity (Wildman–Crippen MR) is 103 cm³/mol. The van der Waals surface area contributed by atoms with Gasteiger partial charge in [0.15, 0.2) is 11.5 Å². The van der Waals surface area contributed by atoms with E-state index >= 15 is 0 Å². The third-order valence-corrected chi connectivity index (χ3v) is 4.37. The van der Waals surface area contributed by atoms with Gasteiger partial charge >= 0.3 is 0 Å². The molecule has 0 radical (unpaired) electrons. The molecule has 0 bridgehead atoms.